The van der Waals surface area contributed by atoms with Gasteiger partial charge < -0.3 is 5.11 Å². The Morgan fingerprint density at radius 3 is 2.50 bits per heavy atom. The minimum Gasteiger partial charge on any atom is -0.507 e. The number of aryl methyl sites for hydroxylation is 1. The number of phenols is 1. The van der Waals surface area contributed by atoms with Crippen molar-refractivity contribution in [3.05, 3.63) is 71.3 Å². The van der Waals surface area contributed by atoms with Crippen LogP contribution in [-0.2, 0) is 0 Å². The Labute approximate surface area is 106 Å². The van der Waals surface area contributed by atoms with Crippen LogP contribution in [0.4, 0.5) is 0 Å². The van der Waals surface area contributed by atoms with E-state index in [4.69, 9.17) is 0 Å². The van der Waals surface area contributed by atoms with Crippen molar-refractivity contribution in [2.45, 2.75) is 6.92 Å². The molecule has 0 saturated heterocycles. The van der Waals surface area contributed by atoms with Gasteiger partial charge in [0.1, 0.15) is 5.75 Å². The lowest BCUT2D eigenvalue weighted by molar-refractivity contribution is 0.104. The average molecular weight is 238 g/mol. The van der Waals surface area contributed by atoms with Crippen molar-refractivity contribution in [1.82, 2.24) is 0 Å². The molecule has 0 unspecified atom stereocenters. The van der Waals surface area contributed by atoms with Gasteiger partial charge in [-0.05, 0) is 30.2 Å². The third kappa shape index (κ3) is 2.66. The van der Waals surface area contributed by atoms with Gasteiger partial charge in [-0.3, -0.25) is 4.79 Å². The van der Waals surface area contributed by atoms with Gasteiger partial charge in [-0.2, -0.15) is 0 Å². The van der Waals surface area contributed by atoms with Crippen molar-refractivity contribution in [2.24, 2.45) is 0 Å². The number of hydrogen-bond donors (Lipinski definition) is 1. The molecule has 2 heteroatoms. The highest BCUT2D eigenvalue weighted by Gasteiger charge is 2.09. The number of para-hydroxylation sites is 1. The Morgan fingerprint density at radius 2 is 1.78 bits per heavy atom. The van der Waals surface area contributed by atoms with Crippen LogP contribution in [0.5, 0.6) is 5.75 Å². The van der Waals surface area contributed by atoms with Gasteiger partial charge in [0, 0.05) is 0 Å². The largest absolute Gasteiger partial charge is 0.507 e. The maximum absolute atomic E-state index is 11.9. The predicted octanol–water partition coefficient (Wildman–Crippen LogP) is 3.60. The number of carbonyl (C=O) groups excluding carboxylic acids is 1. The summed E-state index contributed by atoms with van der Waals surface area (Å²) in [4.78, 5) is 11.9. The van der Waals surface area contributed by atoms with Crippen LogP contribution < -0.4 is 0 Å². The van der Waals surface area contributed by atoms with Crippen molar-refractivity contribution in [1.29, 1.82) is 0 Å². The van der Waals surface area contributed by atoms with Crippen LogP contribution in [0.2, 0.25) is 0 Å². The lowest BCUT2D eigenvalue weighted by atomic mass is 10.0. The summed E-state index contributed by atoms with van der Waals surface area (Å²) in [6.45, 7) is 1.77. The van der Waals surface area contributed by atoms with Crippen molar-refractivity contribution in [2.75, 3.05) is 0 Å². The van der Waals surface area contributed by atoms with Crippen molar-refractivity contribution in [3.8, 4) is 5.75 Å². The standard InChI is InChI=1S/C16H14O2/c1-12-6-5-9-14(16(12)18)15(17)11-10-13-7-3-2-4-8-13/h2-11,18H,1H3/b11-10+. The number of ketones is 1. The summed E-state index contributed by atoms with van der Waals surface area (Å²) in [5.74, 6) is -0.139. The molecule has 2 rings (SSSR count). The molecule has 2 aromatic rings. The molecular formula is C16H14O2. The third-order valence-electron chi connectivity index (χ3n) is 2.73. The van der Waals surface area contributed by atoms with Gasteiger partial charge >= 0.3 is 0 Å². The molecule has 0 aliphatic carbocycles. The second-order valence-electron chi connectivity index (χ2n) is 4.08. The maximum atomic E-state index is 11.9. The Balaban J connectivity index is 2.23. The van der Waals surface area contributed by atoms with Gasteiger partial charge in [0.25, 0.3) is 0 Å². The van der Waals surface area contributed by atoms with Crippen LogP contribution in [0, 0.1) is 6.92 Å². The van der Waals surface area contributed by atoms with Gasteiger partial charge in [0.2, 0.25) is 0 Å². The molecule has 0 radical (unpaired) electrons. The molecule has 0 atom stereocenters. The number of allylic oxidation sites excluding steroid dienone is 1. The highest BCUT2D eigenvalue weighted by Crippen LogP contribution is 2.22. The monoisotopic (exact) mass is 238 g/mol. The first kappa shape index (κ1) is 12.1. The van der Waals surface area contributed by atoms with E-state index in [0.29, 0.717) is 11.1 Å². The Kier molecular flexibility index (Phi) is 3.58. The minimum atomic E-state index is -0.194. The molecule has 2 nitrogen and oxygen atoms in total. The summed E-state index contributed by atoms with van der Waals surface area (Å²) in [6, 6.07) is 14.7. The van der Waals surface area contributed by atoms with Crippen LogP contribution in [-0.4, -0.2) is 10.9 Å². The van der Waals surface area contributed by atoms with Crippen LogP contribution >= 0.6 is 0 Å². The first-order chi connectivity index (χ1) is 8.68. The highest BCUT2D eigenvalue weighted by atomic mass is 16.3. The van der Waals surface area contributed by atoms with Gasteiger partial charge in [0.05, 0.1) is 5.56 Å². The zero-order valence-corrected chi connectivity index (χ0v) is 10.1. The first-order valence-corrected chi connectivity index (χ1v) is 5.74. The number of rotatable bonds is 3. The molecule has 0 aliphatic rings. The zero-order chi connectivity index (χ0) is 13.0. The molecule has 0 amide bonds. The molecule has 0 aliphatic heterocycles. The van der Waals surface area contributed by atoms with Crippen molar-refractivity contribution in [3.63, 3.8) is 0 Å². The Bertz CT molecular complexity index is 583. The second kappa shape index (κ2) is 5.32. The molecule has 2 aromatic carbocycles. The predicted molar refractivity (Wildman–Crippen MR) is 72.7 cm³/mol. The summed E-state index contributed by atoms with van der Waals surface area (Å²) < 4.78 is 0. The van der Waals surface area contributed by atoms with Crippen LogP contribution in [0.25, 0.3) is 6.08 Å². The molecule has 0 fully saturated rings. The van der Waals surface area contributed by atoms with E-state index in [2.05, 4.69) is 0 Å². The van der Waals surface area contributed by atoms with Crippen LogP contribution in [0.3, 0.4) is 0 Å². The second-order valence-corrected chi connectivity index (χ2v) is 4.08. The van der Waals surface area contributed by atoms with E-state index >= 15 is 0 Å². The van der Waals surface area contributed by atoms with Crippen molar-refractivity contribution >= 4 is 11.9 Å². The minimum absolute atomic E-state index is 0.0558. The van der Waals surface area contributed by atoms with E-state index in [1.165, 1.54) is 6.08 Å². The molecule has 0 aromatic heterocycles. The number of carbonyl (C=O) groups is 1. The summed E-state index contributed by atoms with van der Waals surface area (Å²) in [6.07, 6.45) is 3.22. The van der Waals surface area contributed by atoms with Gasteiger partial charge in [0.15, 0.2) is 5.78 Å². The molecular weight excluding hydrogens is 224 g/mol. The highest BCUT2D eigenvalue weighted by molar-refractivity contribution is 6.08. The molecule has 0 spiro atoms. The summed E-state index contributed by atoms with van der Waals surface area (Å²) in [7, 11) is 0. The molecule has 0 bridgehead atoms. The number of hydrogen-bond acceptors (Lipinski definition) is 2. The fraction of sp³-hybridized carbons (Fsp3) is 0.0625. The fourth-order valence-corrected chi connectivity index (χ4v) is 1.68. The Hall–Kier alpha value is -2.35. The normalized spacial score (nSPS) is 10.7. The van der Waals surface area contributed by atoms with E-state index in [1.807, 2.05) is 30.3 Å². The molecule has 1 N–H and O–H groups in total. The van der Waals surface area contributed by atoms with Gasteiger partial charge in [-0.25, -0.2) is 0 Å². The molecule has 0 saturated carbocycles. The van der Waals surface area contributed by atoms with Gasteiger partial charge in [-0.1, -0.05) is 48.5 Å². The average Bonchev–Trinajstić information content (AvgIpc) is 2.40. The van der Waals surface area contributed by atoms with E-state index in [0.717, 1.165) is 5.56 Å². The number of phenolic OH excluding ortho intramolecular Hbond substituents is 1. The molecule has 18 heavy (non-hydrogen) atoms. The van der Waals surface area contributed by atoms with E-state index in [-0.39, 0.29) is 11.5 Å². The lowest BCUT2D eigenvalue weighted by Crippen LogP contribution is -1.95. The number of benzene rings is 2. The Morgan fingerprint density at radius 1 is 1.06 bits per heavy atom. The van der Waals surface area contributed by atoms with Crippen LogP contribution in [0.1, 0.15) is 21.5 Å². The summed E-state index contributed by atoms with van der Waals surface area (Å²) in [5, 5.41) is 9.81. The fourth-order valence-electron chi connectivity index (χ4n) is 1.68. The van der Waals surface area contributed by atoms with Gasteiger partial charge in [-0.15, -0.1) is 0 Å². The van der Waals surface area contributed by atoms with E-state index in [9.17, 15) is 9.90 Å². The lowest BCUT2D eigenvalue weighted by Gasteiger charge is -2.03. The van der Waals surface area contributed by atoms with Crippen molar-refractivity contribution < 1.29 is 9.90 Å². The molecule has 0 heterocycles. The first-order valence-electron chi connectivity index (χ1n) is 5.74. The molecule has 90 valence electrons. The number of aromatic hydroxyl groups is 1. The summed E-state index contributed by atoms with van der Waals surface area (Å²) >= 11 is 0. The zero-order valence-electron chi connectivity index (χ0n) is 10.1. The van der Waals surface area contributed by atoms with E-state index < -0.39 is 0 Å². The topological polar surface area (TPSA) is 37.3 Å². The van der Waals surface area contributed by atoms with Crippen LogP contribution in [0.15, 0.2) is 54.6 Å². The maximum Gasteiger partial charge on any atom is 0.189 e. The quantitative estimate of drug-likeness (QED) is 0.655. The SMILES string of the molecule is Cc1cccc(C(=O)/C=C/c2ccccc2)c1O. The summed E-state index contributed by atoms with van der Waals surface area (Å²) in [5.41, 5.74) is 1.99. The smallest absolute Gasteiger partial charge is 0.189 e. The van der Waals surface area contributed by atoms with E-state index in [1.54, 1.807) is 31.2 Å². The third-order valence-corrected chi connectivity index (χ3v) is 2.73.